The molecule has 0 aromatic heterocycles. The minimum absolute atomic E-state index is 0. The molecule has 0 fully saturated rings. The Morgan fingerprint density at radius 3 is 1.55 bits per heavy atom. The second-order valence-electron chi connectivity index (χ2n) is 1.42. The van der Waals surface area contributed by atoms with E-state index in [-0.39, 0.29) is 18.1 Å². The zero-order valence-corrected chi connectivity index (χ0v) is 6.90. The standard InChI is InChI=1S/C3H8O.C2H3N.CH2O2.H2O/c1-3(2)4;1-2-3;2-1-3;/h3-4H,1-2H3;1H3;1H,(H,2,3);1H2. The van der Waals surface area contributed by atoms with Crippen LogP contribution in [0.2, 0.25) is 0 Å². The fourth-order valence-corrected chi connectivity index (χ4v) is 0. The second kappa shape index (κ2) is 36.6. The lowest BCUT2D eigenvalue weighted by atomic mass is 10.5. The molecule has 5 heteroatoms. The van der Waals surface area contributed by atoms with Crippen LogP contribution in [0.3, 0.4) is 0 Å². The van der Waals surface area contributed by atoms with Gasteiger partial charge in [-0.15, -0.1) is 0 Å². The average molecular weight is 165 g/mol. The molecule has 0 rings (SSSR count). The summed E-state index contributed by atoms with van der Waals surface area (Å²) >= 11 is 0. The van der Waals surface area contributed by atoms with Gasteiger partial charge in [-0.05, 0) is 13.8 Å². The van der Waals surface area contributed by atoms with Crippen molar-refractivity contribution in [1.82, 2.24) is 0 Å². The third-order valence-electron chi connectivity index (χ3n) is 0. The Hall–Kier alpha value is -1.12. The molecule has 0 amide bonds. The van der Waals surface area contributed by atoms with Gasteiger partial charge in [0.25, 0.3) is 6.47 Å². The fraction of sp³-hybridized carbons (Fsp3) is 0.667. The number of aliphatic hydroxyl groups excluding tert-OH is 1. The molecule has 4 N–H and O–H groups in total. The molecule has 0 heterocycles. The van der Waals surface area contributed by atoms with Gasteiger partial charge in [0.2, 0.25) is 0 Å². The van der Waals surface area contributed by atoms with Gasteiger partial charge in [-0.25, -0.2) is 0 Å². The summed E-state index contributed by atoms with van der Waals surface area (Å²) in [5, 5.41) is 22.3. The van der Waals surface area contributed by atoms with E-state index in [1.54, 1.807) is 19.9 Å². The number of rotatable bonds is 0. The lowest BCUT2D eigenvalue weighted by molar-refractivity contribution is -0.122. The summed E-state index contributed by atoms with van der Waals surface area (Å²) in [6.45, 7) is 4.62. The molecule has 0 aromatic rings. The Morgan fingerprint density at radius 2 is 1.55 bits per heavy atom. The molecule has 0 radical (unpaired) electrons. The molecule has 0 aromatic carbocycles. The maximum Gasteiger partial charge on any atom is 0.290 e. The van der Waals surface area contributed by atoms with Gasteiger partial charge < -0.3 is 15.7 Å². The maximum atomic E-state index is 8.36. The molecule has 0 aliphatic heterocycles. The van der Waals surface area contributed by atoms with E-state index in [2.05, 4.69) is 0 Å². The van der Waals surface area contributed by atoms with Crippen LogP contribution in [-0.4, -0.2) is 28.3 Å². The van der Waals surface area contributed by atoms with Crippen LogP contribution in [0, 0.1) is 11.3 Å². The highest BCUT2D eigenvalue weighted by Gasteiger charge is 1.69. The van der Waals surface area contributed by atoms with Crippen molar-refractivity contribution in [2.45, 2.75) is 26.9 Å². The predicted octanol–water partition coefficient (Wildman–Crippen LogP) is -0.207. The predicted molar refractivity (Wildman–Crippen MR) is 40.9 cm³/mol. The summed E-state index contributed by atoms with van der Waals surface area (Å²) in [7, 11) is 0. The molecule has 11 heavy (non-hydrogen) atoms. The van der Waals surface area contributed by atoms with E-state index in [1.165, 1.54) is 6.92 Å². The average Bonchev–Trinajstić information content (AvgIpc) is 1.65. The van der Waals surface area contributed by atoms with Crippen LogP contribution in [-0.2, 0) is 4.79 Å². The third-order valence-corrected chi connectivity index (χ3v) is 0. The van der Waals surface area contributed by atoms with Crippen LogP contribution in [0.15, 0.2) is 0 Å². The number of nitrogens with zero attached hydrogens (tertiary/aromatic N) is 1. The first-order valence-corrected chi connectivity index (χ1v) is 2.63. The highest BCUT2D eigenvalue weighted by Crippen LogP contribution is 1.65. The summed E-state index contributed by atoms with van der Waals surface area (Å²) in [5.41, 5.74) is 0. The van der Waals surface area contributed by atoms with Crippen molar-refractivity contribution in [2.24, 2.45) is 0 Å². The minimum atomic E-state index is -0.250. The van der Waals surface area contributed by atoms with Crippen molar-refractivity contribution in [3.63, 3.8) is 0 Å². The van der Waals surface area contributed by atoms with Crippen LogP contribution in [0.25, 0.3) is 0 Å². The Labute approximate surface area is 66.2 Å². The third kappa shape index (κ3) is 335. The second-order valence-corrected chi connectivity index (χ2v) is 1.42. The SMILES string of the molecule is CC#N.CC(C)O.O.O=CO. The molecule has 0 unspecified atom stereocenters. The number of hydrogen-bond acceptors (Lipinski definition) is 3. The van der Waals surface area contributed by atoms with Crippen molar-refractivity contribution in [3.8, 4) is 6.07 Å². The van der Waals surface area contributed by atoms with Gasteiger partial charge in [0, 0.05) is 13.0 Å². The van der Waals surface area contributed by atoms with Crippen LogP contribution in [0.4, 0.5) is 0 Å². The summed E-state index contributed by atoms with van der Waals surface area (Å²) < 4.78 is 0. The van der Waals surface area contributed by atoms with Crippen molar-refractivity contribution in [1.29, 1.82) is 5.26 Å². The largest absolute Gasteiger partial charge is 0.483 e. The van der Waals surface area contributed by atoms with Gasteiger partial charge in [-0.1, -0.05) is 0 Å². The Balaban J connectivity index is -0.0000000325. The highest BCUT2D eigenvalue weighted by molar-refractivity contribution is 5.32. The van der Waals surface area contributed by atoms with E-state index in [0.29, 0.717) is 0 Å². The number of nitriles is 1. The van der Waals surface area contributed by atoms with Gasteiger partial charge >= 0.3 is 0 Å². The highest BCUT2D eigenvalue weighted by atomic mass is 16.3. The zero-order valence-electron chi connectivity index (χ0n) is 6.90. The number of aliphatic hydroxyl groups is 1. The first-order chi connectivity index (χ1) is 4.56. The summed E-state index contributed by atoms with van der Waals surface area (Å²) in [4.78, 5) is 8.36. The van der Waals surface area contributed by atoms with E-state index < -0.39 is 0 Å². The van der Waals surface area contributed by atoms with Crippen LogP contribution in [0.5, 0.6) is 0 Å². The molecule has 68 valence electrons. The van der Waals surface area contributed by atoms with Crippen LogP contribution in [0.1, 0.15) is 20.8 Å². The Bertz CT molecular complexity index is 84.3. The molecule has 0 saturated carbocycles. The first kappa shape index (κ1) is 22.5. The molecular weight excluding hydrogens is 150 g/mol. The van der Waals surface area contributed by atoms with E-state index in [9.17, 15) is 0 Å². The number of carbonyl (C=O) groups is 1. The molecule has 0 bridgehead atoms. The summed E-state index contributed by atoms with van der Waals surface area (Å²) in [6, 6.07) is 1.75. The van der Waals surface area contributed by atoms with Gasteiger partial charge in [0.15, 0.2) is 0 Å². The summed E-state index contributed by atoms with van der Waals surface area (Å²) in [6.07, 6.45) is -0.167. The van der Waals surface area contributed by atoms with E-state index >= 15 is 0 Å². The monoisotopic (exact) mass is 165 g/mol. The fourth-order valence-electron chi connectivity index (χ4n) is 0. The van der Waals surface area contributed by atoms with Gasteiger partial charge in [0.05, 0.1) is 6.07 Å². The quantitative estimate of drug-likeness (QED) is 0.483. The van der Waals surface area contributed by atoms with Gasteiger partial charge in [-0.3, -0.25) is 4.79 Å². The molecule has 0 saturated heterocycles. The van der Waals surface area contributed by atoms with Crippen molar-refractivity contribution in [3.05, 3.63) is 0 Å². The van der Waals surface area contributed by atoms with E-state index in [4.69, 9.17) is 20.3 Å². The number of carboxylic acid groups (broad SMARTS) is 1. The van der Waals surface area contributed by atoms with Crippen molar-refractivity contribution >= 4 is 6.47 Å². The normalized spacial score (nSPS) is 5.09. The first-order valence-electron chi connectivity index (χ1n) is 2.63. The Morgan fingerprint density at radius 1 is 1.55 bits per heavy atom. The topological polar surface area (TPSA) is 113 Å². The Kier molecular flexibility index (Phi) is 75.0. The van der Waals surface area contributed by atoms with E-state index in [1.807, 2.05) is 0 Å². The van der Waals surface area contributed by atoms with Crippen LogP contribution < -0.4 is 0 Å². The zero-order chi connectivity index (χ0) is 8.99. The lowest BCUT2D eigenvalue weighted by Gasteiger charge is -1.80. The molecule has 0 atom stereocenters. The molecule has 0 aliphatic carbocycles. The van der Waals surface area contributed by atoms with Crippen LogP contribution >= 0.6 is 0 Å². The minimum Gasteiger partial charge on any atom is -0.483 e. The maximum absolute atomic E-state index is 8.36. The van der Waals surface area contributed by atoms with Crippen molar-refractivity contribution < 1.29 is 20.5 Å². The van der Waals surface area contributed by atoms with E-state index in [0.717, 1.165) is 0 Å². The van der Waals surface area contributed by atoms with Gasteiger partial charge in [-0.2, -0.15) is 5.26 Å². The summed E-state index contributed by atoms with van der Waals surface area (Å²) in [5.74, 6) is 0. The van der Waals surface area contributed by atoms with Crippen molar-refractivity contribution in [2.75, 3.05) is 0 Å². The molecule has 0 spiro atoms. The molecular formula is C6H15NO4. The molecule has 5 nitrogen and oxygen atoms in total. The number of hydrogen-bond donors (Lipinski definition) is 2. The smallest absolute Gasteiger partial charge is 0.290 e. The lowest BCUT2D eigenvalue weighted by Crippen LogP contribution is -1.85. The van der Waals surface area contributed by atoms with Gasteiger partial charge in [0.1, 0.15) is 0 Å². The molecule has 0 aliphatic rings.